The Morgan fingerprint density at radius 2 is 2.13 bits per heavy atom. The van der Waals surface area contributed by atoms with Gasteiger partial charge < -0.3 is 10.3 Å². The fourth-order valence-electron chi connectivity index (χ4n) is 2.31. The van der Waals surface area contributed by atoms with Crippen molar-refractivity contribution < 1.29 is 4.52 Å². The van der Waals surface area contributed by atoms with Crippen molar-refractivity contribution in [2.24, 2.45) is 11.7 Å². The van der Waals surface area contributed by atoms with Crippen LogP contribution in [0.2, 0.25) is 0 Å². The van der Waals surface area contributed by atoms with Gasteiger partial charge in [-0.2, -0.15) is 4.98 Å². The van der Waals surface area contributed by atoms with Crippen molar-refractivity contribution in [3.63, 3.8) is 0 Å². The van der Waals surface area contributed by atoms with Gasteiger partial charge >= 0.3 is 0 Å². The number of hydrogen-bond acceptors (Lipinski definition) is 4. The lowest BCUT2D eigenvalue weighted by Gasteiger charge is -2.33. The zero-order valence-electron chi connectivity index (χ0n) is 9.49. The minimum atomic E-state index is -0.368. The lowest BCUT2D eigenvalue weighted by Crippen LogP contribution is -2.40. The number of rotatable bonds is 2. The van der Waals surface area contributed by atoms with Gasteiger partial charge in [0.25, 0.3) is 0 Å². The molecule has 0 unspecified atom stereocenters. The Labute approximate surface area is 90.2 Å². The van der Waals surface area contributed by atoms with E-state index in [0.29, 0.717) is 11.7 Å². The highest BCUT2D eigenvalue weighted by molar-refractivity contribution is 5.03. The van der Waals surface area contributed by atoms with Gasteiger partial charge in [0.05, 0.1) is 5.54 Å². The van der Waals surface area contributed by atoms with Crippen molar-refractivity contribution in [2.45, 2.75) is 51.5 Å². The summed E-state index contributed by atoms with van der Waals surface area (Å²) in [4.78, 5) is 4.25. The van der Waals surface area contributed by atoms with Crippen LogP contribution in [0.15, 0.2) is 4.52 Å². The van der Waals surface area contributed by atoms with Crippen LogP contribution >= 0.6 is 0 Å². The van der Waals surface area contributed by atoms with Gasteiger partial charge in [0, 0.05) is 0 Å². The summed E-state index contributed by atoms with van der Waals surface area (Å²) in [6.45, 7) is 4.07. The average molecular weight is 209 g/mol. The molecular weight excluding hydrogens is 190 g/mol. The summed E-state index contributed by atoms with van der Waals surface area (Å²) >= 11 is 0. The largest absolute Gasteiger partial charge is 0.337 e. The molecule has 0 bridgehead atoms. The standard InChI is InChI=1S/C11H19N3O/c1-3-9-4-6-11(12,7-5-9)10-13-8(2)14-15-10/h9H,3-7,12H2,1-2H3. The van der Waals surface area contributed by atoms with E-state index in [9.17, 15) is 0 Å². The number of hydrogen-bond donors (Lipinski definition) is 1. The molecule has 1 aliphatic rings. The van der Waals surface area contributed by atoms with Gasteiger partial charge in [0.15, 0.2) is 5.82 Å². The van der Waals surface area contributed by atoms with Crippen LogP contribution in [-0.4, -0.2) is 10.1 Å². The van der Waals surface area contributed by atoms with Gasteiger partial charge in [0.2, 0.25) is 5.89 Å². The van der Waals surface area contributed by atoms with Crippen LogP contribution in [0.1, 0.15) is 50.7 Å². The van der Waals surface area contributed by atoms with Crippen molar-refractivity contribution in [3.05, 3.63) is 11.7 Å². The Hall–Kier alpha value is -0.900. The molecule has 1 saturated carbocycles. The number of nitrogens with two attached hydrogens (primary N) is 1. The summed E-state index contributed by atoms with van der Waals surface area (Å²) in [5.41, 5.74) is 5.95. The maximum Gasteiger partial charge on any atom is 0.246 e. The van der Waals surface area contributed by atoms with Gasteiger partial charge in [-0.1, -0.05) is 18.5 Å². The molecule has 1 heterocycles. The van der Waals surface area contributed by atoms with Gasteiger partial charge in [0.1, 0.15) is 0 Å². The summed E-state index contributed by atoms with van der Waals surface area (Å²) < 4.78 is 5.19. The molecule has 1 fully saturated rings. The summed E-state index contributed by atoms with van der Waals surface area (Å²) in [6, 6.07) is 0. The Balaban J connectivity index is 2.09. The molecule has 1 aromatic heterocycles. The molecule has 4 nitrogen and oxygen atoms in total. The van der Waals surface area contributed by atoms with Crippen LogP contribution in [0.3, 0.4) is 0 Å². The second kappa shape index (κ2) is 3.93. The van der Waals surface area contributed by atoms with Crippen molar-refractivity contribution in [2.75, 3.05) is 0 Å². The summed E-state index contributed by atoms with van der Waals surface area (Å²) in [7, 11) is 0. The second-order valence-electron chi connectivity index (χ2n) is 4.65. The van der Waals surface area contributed by atoms with E-state index in [1.165, 1.54) is 19.3 Å². The molecule has 0 spiro atoms. The van der Waals surface area contributed by atoms with Gasteiger partial charge in [-0.15, -0.1) is 0 Å². The second-order valence-corrected chi connectivity index (χ2v) is 4.65. The molecule has 15 heavy (non-hydrogen) atoms. The molecule has 0 aromatic carbocycles. The topological polar surface area (TPSA) is 64.9 Å². The first-order chi connectivity index (χ1) is 7.14. The van der Waals surface area contributed by atoms with E-state index in [1.807, 2.05) is 6.92 Å². The maximum absolute atomic E-state index is 6.31. The monoisotopic (exact) mass is 209 g/mol. The number of aryl methyl sites for hydroxylation is 1. The third-order valence-corrected chi connectivity index (χ3v) is 3.53. The molecule has 2 N–H and O–H groups in total. The third-order valence-electron chi connectivity index (χ3n) is 3.53. The Kier molecular flexibility index (Phi) is 2.78. The first kappa shape index (κ1) is 10.6. The van der Waals surface area contributed by atoms with E-state index in [1.54, 1.807) is 0 Å². The number of nitrogens with zero attached hydrogens (tertiary/aromatic N) is 2. The maximum atomic E-state index is 6.31. The van der Waals surface area contributed by atoms with E-state index in [4.69, 9.17) is 10.3 Å². The average Bonchev–Trinajstić information content (AvgIpc) is 2.67. The third kappa shape index (κ3) is 2.04. The first-order valence-corrected chi connectivity index (χ1v) is 5.74. The van der Waals surface area contributed by atoms with Crippen LogP contribution in [0.5, 0.6) is 0 Å². The molecular formula is C11H19N3O. The van der Waals surface area contributed by atoms with Gasteiger partial charge in [-0.25, -0.2) is 0 Å². The Morgan fingerprint density at radius 1 is 1.47 bits per heavy atom. The Morgan fingerprint density at radius 3 is 2.60 bits per heavy atom. The van der Waals surface area contributed by atoms with Crippen LogP contribution in [0, 0.1) is 12.8 Å². The quantitative estimate of drug-likeness (QED) is 0.810. The molecule has 0 amide bonds. The zero-order valence-corrected chi connectivity index (χ0v) is 9.49. The van der Waals surface area contributed by atoms with E-state index in [0.717, 1.165) is 18.8 Å². The van der Waals surface area contributed by atoms with Crippen LogP contribution < -0.4 is 5.73 Å². The summed E-state index contributed by atoms with van der Waals surface area (Å²) in [5.74, 6) is 2.12. The molecule has 0 atom stereocenters. The lowest BCUT2D eigenvalue weighted by atomic mass is 9.76. The molecule has 0 radical (unpaired) electrons. The van der Waals surface area contributed by atoms with E-state index >= 15 is 0 Å². The molecule has 2 rings (SSSR count). The van der Waals surface area contributed by atoms with Crippen molar-refractivity contribution in [1.82, 2.24) is 10.1 Å². The van der Waals surface area contributed by atoms with Gasteiger partial charge in [-0.3, -0.25) is 0 Å². The summed E-state index contributed by atoms with van der Waals surface area (Å²) in [6.07, 6.45) is 5.53. The van der Waals surface area contributed by atoms with Gasteiger partial charge in [-0.05, 0) is 38.5 Å². The van der Waals surface area contributed by atoms with Crippen LogP contribution in [0.25, 0.3) is 0 Å². The molecule has 0 aliphatic heterocycles. The number of aromatic nitrogens is 2. The first-order valence-electron chi connectivity index (χ1n) is 5.74. The van der Waals surface area contributed by atoms with Crippen LogP contribution in [-0.2, 0) is 5.54 Å². The minimum Gasteiger partial charge on any atom is -0.337 e. The SMILES string of the molecule is CCC1CCC(N)(c2nc(C)no2)CC1. The highest BCUT2D eigenvalue weighted by atomic mass is 16.5. The lowest BCUT2D eigenvalue weighted by molar-refractivity contribution is 0.181. The highest BCUT2D eigenvalue weighted by Gasteiger charge is 2.37. The molecule has 84 valence electrons. The van der Waals surface area contributed by atoms with E-state index in [-0.39, 0.29) is 5.54 Å². The van der Waals surface area contributed by atoms with E-state index < -0.39 is 0 Å². The molecule has 1 aromatic rings. The van der Waals surface area contributed by atoms with Crippen molar-refractivity contribution >= 4 is 0 Å². The predicted molar refractivity (Wildman–Crippen MR) is 57.1 cm³/mol. The zero-order chi connectivity index (χ0) is 10.9. The molecule has 1 aliphatic carbocycles. The van der Waals surface area contributed by atoms with E-state index in [2.05, 4.69) is 17.1 Å². The highest BCUT2D eigenvalue weighted by Crippen LogP contribution is 2.37. The van der Waals surface area contributed by atoms with Crippen molar-refractivity contribution in [1.29, 1.82) is 0 Å². The summed E-state index contributed by atoms with van der Waals surface area (Å²) in [5, 5.41) is 3.81. The fraction of sp³-hybridized carbons (Fsp3) is 0.818. The fourth-order valence-corrected chi connectivity index (χ4v) is 2.31. The van der Waals surface area contributed by atoms with Crippen LogP contribution in [0.4, 0.5) is 0 Å². The molecule has 0 saturated heterocycles. The minimum absolute atomic E-state index is 0.368. The van der Waals surface area contributed by atoms with Crippen molar-refractivity contribution in [3.8, 4) is 0 Å². The smallest absolute Gasteiger partial charge is 0.246 e. The molecule has 4 heteroatoms. The Bertz CT molecular complexity index is 326. The normalized spacial score (nSPS) is 31.8. The predicted octanol–water partition coefficient (Wildman–Crippen LogP) is 2.13.